The average Bonchev–Trinajstić information content (AvgIpc) is 2.82. The van der Waals surface area contributed by atoms with Gasteiger partial charge in [0.05, 0.1) is 29.2 Å². The number of ether oxygens (including phenoxy) is 1. The number of benzene rings is 1. The fraction of sp³-hybridized carbons (Fsp3) is 0.0769. The van der Waals surface area contributed by atoms with E-state index in [9.17, 15) is 0 Å². The van der Waals surface area contributed by atoms with E-state index in [4.69, 9.17) is 4.74 Å². The lowest BCUT2D eigenvalue weighted by Gasteiger charge is -2.02. The van der Waals surface area contributed by atoms with E-state index in [0.29, 0.717) is 5.88 Å². The van der Waals surface area contributed by atoms with Crippen molar-refractivity contribution in [3.05, 3.63) is 42.6 Å². The Morgan fingerprint density at radius 3 is 2.78 bits per heavy atom. The van der Waals surface area contributed by atoms with Crippen molar-refractivity contribution in [2.45, 2.75) is 0 Å². The van der Waals surface area contributed by atoms with Crippen LogP contribution in [-0.4, -0.2) is 17.1 Å². The van der Waals surface area contributed by atoms with Crippen LogP contribution in [0.1, 0.15) is 0 Å². The molecule has 4 nitrogen and oxygen atoms in total. The van der Waals surface area contributed by atoms with Crippen molar-refractivity contribution in [3.63, 3.8) is 0 Å². The summed E-state index contributed by atoms with van der Waals surface area (Å²) in [5.41, 5.74) is 1.90. The van der Waals surface area contributed by atoms with Crippen LogP contribution in [0.2, 0.25) is 0 Å². The molecule has 1 aromatic carbocycles. The molecular formula is C13H11N3OS. The molecule has 0 aliphatic carbocycles. The lowest BCUT2D eigenvalue weighted by molar-refractivity contribution is 0.398. The molecule has 90 valence electrons. The lowest BCUT2D eigenvalue weighted by atomic mass is 10.3. The molecule has 18 heavy (non-hydrogen) atoms. The first-order chi connectivity index (χ1) is 8.85. The molecular weight excluding hydrogens is 246 g/mol. The lowest BCUT2D eigenvalue weighted by Crippen LogP contribution is -1.91. The highest BCUT2D eigenvalue weighted by Gasteiger charge is 2.03. The van der Waals surface area contributed by atoms with Crippen molar-refractivity contribution < 1.29 is 4.74 Å². The first-order valence-electron chi connectivity index (χ1n) is 5.48. The third-order valence-corrected chi connectivity index (χ3v) is 3.44. The number of hydrogen-bond donors (Lipinski definition) is 1. The molecule has 0 amide bonds. The highest BCUT2D eigenvalue weighted by atomic mass is 32.1. The maximum absolute atomic E-state index is 5.02. The number of aromatic nitrogens is 2. The monoisotopic (exact) mass is 257 g/mol. The first kappa shape index (κ1) is 11.0. The Hall–Kier alpha value is -2.14. The normalized spacial score (nSPS) is 10.5. The van der Waals surface area contributed by atoms with E-state index in [1.807, 2.05) is 30.3 Å². The van der Waals surface area contributed by atoms with Gasteiger partial charge in [-0.1, -0.05) is 23.5 Å². The van der Waals surface area contributed by atoms with Gasteiger partial charge in [-0.3, -0.25) is 0 Å². The molecule has 0 unspecified atom stereocenters. The molecule has 0 spiro atoms. The minimum Gasteiger partial charge on any atom is -0.481 e. The second-order valence-electron chi connectivity index (χ2n) is 3.70. The van der Waals surface area contributed by atoms with E-state index >= 15 is 0 Å². The number of anilines is 2. The van der Waals surface area contributed by atoms with Crippen molar-refractivity contribution >= 4 is 32.4 Å². The molecule has 0 radical (unpaired) electrons. The van der Waals surface area contributed by atoms with Crippen molar-refractivity contribution in [1.82, 2.24) is 9.97 Å². The van der Waals surface area contributed by atoms with Crippen LogP contribution in [0.3, 0.4) is 0 Å². The largest absolute Gasteiger partial charge is 0.481 e. The zero-order chi connectivity index (χ0) is 12.4. The minimum atomic E-state index is 0.602. The number of nitrogens with one attached hydrogen (secondary N) is 1. The third kappa shape index (κ3) is 2.12. The zero-order valence-electron chi connectivity index (χ0n) is 9.75. The molecule has 1 N–H and O–H groups in total. The molecule has 0 bridgehead atoms. The van der Waals surface area contributed by atoms with Gasteiger partial charge in [-0.2, -0.15) is 0 Å². The third-order valence-electron chi connectivity index (χ3n) is 2.49. The maximum Gasteiger partial charge on any atom is 0.213 e. The Morgan fingerprint density at radius 1 is 1.17 bits per heavy atom. The Labute approximate surface area is 108 Å². The summed E-state index contributed by atoms with van der Waals surface area (Å²) in [5, 5.41) is 4.10. The van der Waals surface area contributed by atoms with Gasteiger partial charge in [0.1, 0.15) is 0 Å². The molecule has 2 aromatic heterocycles. The van der Waals surface area contributed by atoms with Gasteiger partial charge in [0.15, 0.2) is 5.13 Å². The van der Waals surface area contributed by atoms with E-state index in [2.05, 4.69) is 21.4 Å². The van der Waals surface area contributed by atoms with Gasteiger partial charge in [-0.15, -0.1) is 0 Å². The zero-order valence-corrected chi connectivity index (χ0v) is 10.6. The summed E-state index contributed by atoms with van der Waals surface area (Å²) >= 11 is 1.62. The predicted molar refractivity (Wildman–Crippen MR) is 73.7 cm³/mol. The molecule has 5 heteroatoms. The van der Waals surface area contributed by atoms with Crippen LogP contribution in [0, 0.1) is 0 Å². The topological polar surface area (TPSA) is 47.0 Å². The predicted octanol–water partition coefficient (Wildman–Crippen LogP) is 3.44. The number of nitrogens with zero attached hydrogens (tertiary/aromatic N) is 2. The van der Waals surface area contributed by atoms with Gasteiger partial charge in [-0.05, 0) is 18.2 Å². The standard InChI is InChI=1S/C13H11N3OS/c1-17-12-7-6-9(8-14-12)15-13-16-10-4-2-3-5-11(10)18-13/h2-8H,1H3,(H,15,16). The van der Waals surface area contributed by atoms with Crippen LogP contribution >= 0.6 is 11.3 Å². The fourth-order valence-corrected chi connectivity index (χ4v) is 2.51. The van der Waals surface area contributed by atoms with E-state index in [1.165, 1.54) is 4.70 Å². The van der Waals surface area contributed by atoms with Crippen LogP contribution in [0.25, 0.3) is 10.2 Å². The molecule has 3 rings (SSSR count). The van der Waals surface area contributed by atoms with Crippen LogP contribution in [0.4, 0.5) is 10.8 Å². The van der Waals surface area contributed by atoms with Crippen LogP contribution in [-0.2, 0) is 0 Å². The SMILES string of the molecule is COc1ccc(Nc2nc3ccccc3s2)cn1. The van der Waals surface area contributed by atoms with Gasteiger partial charge in [0, 0.05) is 6.07 Å². The van der Waals surface area contributed by atoms with Crippen LogP contribution < -0.4 is 10.1 Å². The summed E-state index contributed by atoms with van der Waals surface area (Å²) in [5.74, 6) is 0.602. The first-order valence-corrected chi connectivity index (χ1v) is 6.29. The summed E-state index contributed by atoms with van der Waals surface area (Å²) in [6, 6.07) is 11.8. The van der Waals surface area contributed by atoms with E-state index in [-0.39, 0.29) is 0 Å². The van der Waals surface area contributed by atoms with Crippen molar-refractivity contribution in [2.24, 2.45) is 0 Å². The summed E-state index contributed by atoms with van der Waals surface area (Å²) in [7, 11) is 1.60. The Balaban J connectivity index is 1.86. The summed E-state index contributed by atoms with van der Waals surface area (Å²) in [6.45, 7) is 0. The number of fused-ring (bicyclic) bond motifs is 1. The maximum atomic E-state index is 5.02. The van der Waals surface area contributed by atoms with Gasteiger partial charge in [0.2, 0.25) is 5.88 Å². The summed E-state index contributed by atoms with van der Waals surface area (Å²) in [4.78, 5) is 8.64. The number of hydrogen-bond acceptors (Lipinski definition) is 5. The number of thiazole rings is 1. The van der Waals surface area contributed by atoms with Crippen LogP contribution in [0.5, 0.6) is 5.88 Å². The van der Waals surface area contributed by atoms with Gasteiger partial charge in [-0.25, -0.2) is 9.97 Å². The van der Waals surface area contributed by atoms with Gasteiger partial charge in [0.25, 0.3) is 0 Å². The number of pyridine rings is 1. The molecule has 0 aliphatic heterocycles. The average molecular weight is 257 g/mol. The second kappa shape index (κ2) is 4.62. The van der Waals surface area contributed by atoms with Crippen molar-refractivity contribution in [3.8, 4) is 5.88 Å². The quantitative estimate of drug-likeness (QED) is 0.780. The highest BCUT2D eigenvalue weighted by molar-refractivity contribution is 7.22. The Bertz CT molecular complexity index is 630. The summed E-state index contributed by atoms with van der Waals surface area (Å²) < 4.78 is 6.18. The molecule has 0 saturated carbocycles. The number of para-hydroxylation sites is 1. The van der Waals surface area contributed by atoms with E-state index in [0.717, 1.165) is 16.3 Å². The summed E-state index contributed by atoms with van der Waals surface area (Å²) in [6.07, 6.45) is 1.73. The fourth-order valence-electron chi connectivity index (χ4n) is 1.62. The number of rotatable bonds is 3. The molecule has 3 aromatic rings. The van der Waals surface area contributed by atoms with Crippen LogP contribution in [0.15, 0.2) is 42.6 Å². The van der Waals surface area contributed by atoms with Crippen molar-refractivity contribution in [2.75, 3.05) is 12.4 Å². The van der Waals surface area contributed by atoms with Gasteiger partial charge < -0.3 is 10.1 Å². The Morgan fingerprint density at radius 2 is 2.06 bits per heavy atom. The molecule has 0 saturated heterocycles. The number of methoxy groups -OCH3 is 1. The second-order valence-corrected chi connectivity index (χ2v) is 4.73. The molecule has 0 fully saturated rings. The minimum absolute atomic E-state index is 0.602. The van der Waals surface area contributed by atoms with Crippen molar-refractivity contribution in [1.29, 1.82) is 0 Å². The van der Waals surface area contributed by atoms with Gasteiger partial charge >= 0.3 is 0 Å². The van der Waals surface area contributed by atoms with E-state index in [1.54, 1.807) is 24.6 Å². The van der Waals surface area contributed by atoms with E-state index < -0.39 is 0 Å². The molecule has 0 atom stereocenters. The smallest absolute Gasteiger partial charge is 0.213 e. The molecule has 0 aliphatic rings. The Kier molecular flexibility index (Phi) is 2.82. The highest BCUT2D eigenvalue weighted by Crippen LogP contribution is 2.27. The molecule has 2 heterocycles.